The lowest BCUT2D eigenvalue weighted by molar-refractivity contribution is 0.619. The lowest BCUT2D eigenvalue weighted by Gasteiger charge is -2.36. The molecule has 2 aromatic heterocycles. The first-order valence-electron chi connectivity index (χ1n) is 23.3. The zero-order valence-corrected chi connectivity index (χ0v) is 36.3. The highest BCUT2D eigenvalue weighted by atomic mass is 16.3. The number of nitrogens with zero attached hydrogens (tertiary/aromatic N) is 1. The SMILES string of the molecule is C1=CC2=C(c3ccccc3)c3ccccc3C(c3cccc4c3oc3cc(-c5c6c(c(-c7cccc(-n8c9ccccc9c9ccccc98)c7)c7ccccc57)CCC=C6)ccc34)C2C=C1. The van der Waals surface area contributed by atoms with E-state index in [4.69, 9.17) is 4.42 Å². The highest BCUT2D eigenvalue weighted by Crippen LogP contribution is 2.52. The van der Waals surface area contributed by atoms with Gasteiger partial charge in [-0.2, -0.15) is 0 Å². The zero-order chi connectivity index (χ0) is 43.3. The van der Waals surface area contributed by atoms with Crippen molar-refractivity contribution < 1.29 is 4.42 Å². The Hall–Kier alpha value is -8.20. The Morgan fingerprint density at radius 2 is 1.15 bits per heavy atom. The summed E-state index contributed by atoms with van der Waals surface area (Å²) in [6.45, 7) is 0. The Balaban J connectivity index is 0.933. The number of furan rings is 1. The van der Waals surface area contributed by atoms with Crippen LogP contribution >= 0.6 is 0 Å². The molecule has 2 nitrogen and oxygen atoms in total. The monoisotopic (exact) mass is 841 g/mol. The van der Waals surface area contributed by atoms with Crippen molar-refractivity contribution in [2.24, 2.45) is 5.92 Å². The number of para-hydroxylation sites is 3. The molecule has 2 heterocycles. The van der Waals surface area contributed by atoms with Crippen LogP contribution in [0, 0.1) is 5.92 Å². The van der Waals surface area contributed by atoms with Crippen LogP contribution in [0.3, 0.4) is 0 Å². The van der Waals surface area contributed by atoms with E-state index in [1.807, 2.05) is 0 Å². The van der Waals surface area contributed by atoms with Crippen LogP contribution in [-0.4, -0.2) is 4.57 Å². The molecule has 0 N–H and O–H groups in total. The predicted octanol–water partition coefficient (Wildman–Crippen LogP) is 16.8. The first-order valence-corrected chi connectivity index (χ1v) is 23.3. The second-order valence-corrected chi connectivity index (χ2v) is 18.1. The van der Waals surface area contributed by atoms with Crippen LogP contribution in [0.4, 0.5) is 0 Å². The summed E-state index contributed by atoms with van der Waals surface area (Å²) >= 11 is 0. The third-order valence-corrected chi connectivity index (χ3v) is 14.7. The molecule has 2 atom stereocenters. The highest BCUT2D eigenvalue weighted by molar-refractivity contribution is 6.13. The van der Waals surface area contributed by atoms with Crippen LogP contribution in [0.15, 0.2) is 228 Å². The van der Waals surface area contributed by atoms with Crippen molar-refractivity contribution in [3.63, 3.8) is 0 Å². The smallest absolute Gasteiger partial charge is 0.139 e. The number of rotatable bonds is 5. The van der Waals surface area contributed by atoms with Gasteiger partial charge in [0.15, 0.2) is 0 Å². The summed E-state index contributed by atoms with van der Waals surface area (Å²) in [6.07, 6.45) is 15.9. The maximum absolute atomic E-state index is 7.19. The minimum absolute atomic E-state index is 0.0932. The molecule has 14 rings (SSSR count). The molecule has 3 aliphatic rings. The zero-order valence-electron chi connectivity index (χ0n) is 36.3. The van der Waals surface area contributed by atoms with Crippen molar-refractivity contribution in [2.75, 3.05) is 0 Å². The molecule has 2 heteroatoms. The van der Waals surface area contributed by atoms with Gasteiger partial charge in [0.2, 0.25) is 0 Å². The Morgan fingerprint density at radius 1 is 0.485 bits per heavy atom. The molecule has 0 fully saturated rings. The molecule has 3 aliphatic carbocycles. The Kier molecular flexibility index (Phi) is 8.27. The molecule has 9 aromatic carbocycles. The van der Waals surface area contributed by atoms with Gasteiger partial charge >= 0.3 is 0 Å². The molecule has 310 valence electrons. The summed E-state index contributed by atoms with van der Waals surface area (Å²) in [7, 11) is 0. The van der Waals surface area contributed by atoms with E-state index in [2.05, 4.69) is 229 Å². The maximum atomic E-state index is 7.19. The van der Waals surface area contributed by atoms with Crippen molar-refractivity contribution >= 4 is 66.2 Å². The van der Waals surface area contributed by atoms with Crippen LogP contribution in [0.5, 0.6) is 0 Å². The van der Waals surface area contributed by atoms with E-state index in [0.29, 0.717) is 0 Å². The fraction of sp³-hybridized carbons (Fsp3) is 0.0625. The number of hydrogen-bond acceptors (Lipinski definition) is 1. The van der Waals surface area contributed by atoms with Crippen LogP contribution in [0.25, 0.3) is 94.1 Å². The summed E-state index contributed by atoms with van der Waals surface area (Å²) in [6, 6.07) is 69.4. The van der Waals surface area contributed by atoms with Crippen LogP contribution in [0.1, 0.15) is 45.7 Å². The summed E-state index contributed by atoms with van der Waals surface area (Å²) in [5.74, 6) is 0.260. The average Bonchev–Trinajstić information content (AvgIpc) is 3.93. The van der Waals surface area contributed by atoms with Crippen molar-refractivity contribution in [2.45, 2.75) is 18.8 Å². The van der Waals surface area contributed by atoms with E-state index >= 15 is 0 Å². The van der Waals surface area contributed by atoms with Crippen LogP contribution in [-0.2, 0) is 6.42 Å². The molecular weight excluding hydrogens is 799 g/mol. The van der Waals surface area contributed by atoms with Gasteiger partial charge in [0.1, 0.15) is 11.2 Å². The molecule has 0 aliphatic heterocycles. The van der Waals surface area contributed by atoms with Crippen molar-refractivity contribution in [3.05, 3.63) is 257 Å². The summed E-state index contributed by atoms with van der Waals surface area (Å²) in [5.41, 5.74) is 21.0. The van der Waals surface area contributed by atoms with E-state index in [0.717, 1.165) is 34.8 Å². The minimum atomic E-state index is 0.0932. The molecule has 0 amide bonds. The fourth-order valence-electron chi connectivity index (χ4n) is 12.0. The Bertz CT molecular complexity index is 3890. The second kappa shape index (κ2) is 14.7. The number of benzene rings is 9. The Labute approximate surface area is 383 Å². The molecule has 0 bridgehead atoms. The molecular formula is C64H43NO. The highest BCUT2D eigenvalue weighted by Gasteiger charge is 2.37. The molecule has 66 heavy (non-hydrogen) atoms. The van der Waals surface area contributed by atoms with E-state index in [1.54, 1.807) is 0 Å². The lowest BCUT2D eigenvalue weighted by Crippen LogP contribution is -2.23. The predicted molar refractivity (Wildman–Crippen MR) is 276 cm³/mol. The number of aromatic nitrogens is 1. The molecule has 0 saturated carbocycles. The van der Waals surface area contributed by atoms with Gasteiger partial charge < -0.3 is 8.98 Å². The first kappa shape index (κ1) is 37.2. The number of hydrogen-bond donors (Lipinski definition) is 0. The normalized spacial score (nSPS) is 16.4. The third kappa shape index (κ3) is 5.48. The van der Waals surface area contributed by atoms with E-state index in [1.165, 1.54) is 105 Å². The van der Waals surface area contributed by atoms with Gasteiger partial charge in [-0.15, -0.1) is 0 Å². The summed E-state index contributed by atoms with van der Waals surface area (Å²) in [4.78, 5) is 0. The first-order chi connectivity index (χ1) is 32.8. The molecule has 11 aromatic rings. The third-order valence-electron chi connectivity index (χ3n) is 14.7. The van der Waals surface area contributed by atoms with Gasteiger partial charge in [-0.3, -0.25) is 0 Å². The quantitative estimate of drug-likeness (QED) is 0.169. The summed E-state index contributed by atoms with van der Waals surface area (Å²) in [5, 5.41) is 7.38. The van der Waals surface area contributed by atoms with Gasteiger partial charge in [-0.1, -0.05) is 188 Å². The van der Waals surface area contributed by atoms with Crippen molar-refractivity contribution in [1.82, 2.24) is 4.57 Å². The van der Waals surface area contributed by atoms with E-state index < -0.39 is 0 Å². The molecule has 0 radical (unpaired) electrons. The minimum Gasteiger partial charge on any atom is -0.456 e. The van der Waals surface area contributed by atoms with Gasteiger partial charge in [-0.25, -0.2) is 0 Å². The second-order valence-electron chi connectivity index (χ2n) is 18.1. The van der Waals surface area contributed by atoms with Gasteiger partial charge in [0.05, 0.1) is 11.0 Å². The van der Waals surface area contributed by atoms with Crippen LogP contribution < -0.4 is 0 Å². The van der Waals surface area contributed by atoms with E-state index in [9.17, 15) is 0 Å². The van der Waals surface area contributed by atoms with Gasteiger partial charge in [-0.05, 0) is 121 Å². The van der Waals surface area contributed by atoms with Gasteiger partial charge in [0.25, 0.3) is 0 Å². The fourth-order valence-corrected chi connectivity index (χ4v) is 12.0. The molecule has 2 unspecified atom stereocenters. The maximum Gasteiger partial charge on any atom is 0.139 e. The largest absolute Gasteiger partial charge is 0.456 e. The van der Waals surface area contributed by atoms with Crippen molar-refractivity contribution in [1.29, 1.82) is 0 Å². The topological polar surface area (TPSA) is 18.1 Å². The van der Waals surface area contributed by atoms with E-state index in [-0.39, 0.29) is 11.8 Å². The Morgan fingerprint density at radius 3 is 1.98 bits per heavy atom. The summed E-state index contributed by atoms with van der Waals surface area (Å²) < 4.78 is 9.61. The van der Waals surface area contributed by atoms with Gasteiger partial charge in [0, 0.05) is 44.6 Å². The number of fused-ring (bicyclic) bond motifs is 10. The average molecular weight is 842 g/mol. The number of allylic oxidation sites excluding steroid dienone is 6. The molecule has 0 saturated heterocycles. The van der Waals surface area contributed by atoms with Crippen LogP contribution in [0.2, 0.25) is 0 Å². The lowest BCUT2D eigenvalue weighted by atomic mass is 9.66. The standard InChI is InChI=1S/C64H43NO/c1-2-18-40(19-3-1)60-51-28-8-10-30-53(51)63(54-31-11-9-29-52(54)60)56-33-17-32-55-46-37-36-42(39-59(46)66-64(55)56)62-49-26-6-4-24-47(49)61(48-25-5-7-27-50(48)62)41-20-16-21-43(38-41)65-57-34-14-12-22-44(57)45-23-13-15-35-58(45)65/h1-4,6-24,26-39,53,63H,5,25H2. The van der Waals surface area contributed by atoms with Crippen molar-refractivity contribution in [3.8, 4) is 27.9 Å². The molecule has 0 spiro atoms.